The maximum atomic E-state index is 13.0. The van der Waals surface area contributed by atoms with Crippen LogP contribution in [0.3, 0.4) is 0 Å². The van der Waals surface area contributed by atoms with Gasteiger partial charge in [0.2, 0.25) is 0 Å². The molecule has 0 aliphatic rings. The summed E-state index contributed by atoms with van der Waals surface area (Å²) in [6.45, 7) is 1.65. The second-order valence-corrected chi connectivity index (χ2v) is 7.99. The highest BCUT2D eigenvalue weighted by molar-refractivity contribution is 6.10. The Labute approximate surface area is 210 Å². The number of carbonyl (C=O) groups excluding carboxylic acids is 2. The van der Waals surface area contributed by atoms with Gasteiger partial charge in [-0.2, -0.15) is 0 Å². The molecule has 0 radical (unpaired) electrons. The Balaban J connectivity index is 1.38. The van der Waals surface area contributed by atoms with Crippen LogP contribution in [-0.4, -0.2) is 25.0 Å². The van der Waals surface area contributed by atoms with E-state index in [0.29, 0.717) is 28.4 Å². The van der Waals surface area contributed by atoms with Gasteiger partial charge in [0.15, 0.2) is 6.10 Å². The Morgan fingerprint density at radius 2 is 1.25 bits per heavy atom. The normalized spacial score (nSPS) is 11.2. The predicted octanol–water partition coefficient (Wildman–Crippen LogP) is 6.10. The van der Waals surface area contributed by atoms with E-state index in [0.717, 1.165) is 11.4 Å². The van der Waals surface area contributed by atoms with Gasteiger partial charge in [-0.05, 0) is 79.7 Å². The van der Waals surface area contributed by atoms with Crippen LogP contribution < -0.4 is 25.4 Å². The Bertz CT molecular complexity index is 1310. The maximum absolute atomic E-state index is 13.0. The third-order valence-electron chi connectivity index (χ3n) is 5.38. The summed E-state index contributed by atoms with van der Waals surface area (Å²) in [5, 5.41) is 8.98. The van der Waals surface area contributed by atoms with Gasteiger partial charge in [-0.1, -0.05) is 30.3 Å². The van der Waals surface area contributed by atoms with E-state index in [1.54, 1.807) is 62.6 Å². The minimum atomic E-state index is -0.779. The Morgan fingerprint density at radius 3 is 1.94 bits per heavy atom. The summed E-state index contributed by atoms with van der Waals surface area (Å²) in [6.07, 6.45) is -0.779. The Hall–Kier alpha value is -4.78. The number of amides is 2. The van der Waals surface area contributed by atoms with Crippen LogP contribution in [0.15, 0.2) is 103 Å². The van der Waals surface area contributed by atoms with Crippen LogP contribution in [0.1, 0.15) is 17.3 Å². The highest BCUT2D eigenvalue weighted by Gasteiger charge is 2.18. The van der Waals surface area contributed by atoms with E-state index in [4.69, 9.17) is 9.47 Å². The topological polar surface area (TPSA) is 88.7 Å². The first-order valence-electron chi connectivity index (χ1n) is 11.5. The number of anilines is 4. The molecule has 0 heterocycles. The number of rotatable bonds is 9. The Morgan fingerprint density at radius 1 is 0.667 bits per heavy atom. The highest BCUT2D eigenvalue weighted by atomic mass is 16.5. The summed E-state index contributed by atoms with van der Waals surface area (Å²) in [5.41, 5.74) is 3.25. The van der Waals surface area contributed by atoms with Gasteiger partial charge in [0.05, 0.1) is 18.4 Å². The lowest BCUT2D eigenvalue weighted by molar-refractivity contribution is -0.122. The number of methoxy groups -OCH3 is 1. The standard InChI is InChI=1S/C29H27N3O4/c1-20(36-25-18-16-24(35-2)17-19-25)28(33)32-27-11-7-6-10-26(27)29(34)31-23-14-12-22(13-15-23)30-21-8-4-3-5-9-21/h3-20,30H,1-2H3,(H,31,34)(H,32,33). The molecule has 4 aromatic rings. The second kappa shape index (κ2) is 11.6. The van der Waals surface area contributed by atoms with Gasteiger partial charge in [-0.15, -0.1) is 0 Å². The molecule has 0 fully saturated rings. The molecule has 1 atom stereocenters. The minimum absolute atomic E-state index is 0.335. The molecule has 4 aromatic carbocycles. The van der Waals surface area contributed by atoms with Gasteiger partial charge in [0.25, 0.3) is 11.8 Å². The lowest BCUT2D eigenvalue weighted by Gasteiger charge is -2.17. The van der Waals surface area contributed by atoms with Crippen molar-refractivity contribution in [2.45, 2.75) is 13.0 Å². The lowest BCUT2D eigenvalue weighted by Crippen LogP contribution is -2.31. The molecule has 7 nitrogen and oxygen atoms in total. The average Bonchev–Trinajstić information content (AvgIpc) is 2.91. The van der Waals surface area contributed by atoms with Crippen LogP contribution in [0.25, 0.3) is 0 Å². The molecular formula is C29H27N3O4. The third kappa shape index (κ3) is 6.42. The molecule has 0 spiro atoms. The van der Waals surface area contributed by atoms with Crippen molar-refractivity contribution < 1.29 is 19.1 Å². The molecule has 4 rings (SSSR count). The van der Waals surface area contributed by atoms with Crippen molar-refractivity contribution >= 4 is 34.6 Å². The van der Waals surface area contributed by atoms with Crippen molar-refractivity contribution in [1.82, 2.24) is 0 Å². The largest absolute Gasteiger partial charge is 0.497 e. The molecule has 36 heavy (non-hydrogen) atoms. The molecular weight excluding hydrogens is 454 g/mol. The highest BCUT2D eigenvalue weighted by Crippen LogP contribution is 2.22. The zero-order chi connectivity index (χ0) is 25.3. The van der Waals surface area contributed by atoms with Gasteiger partial charge in [-0.3, -0.25) is 9.59 Å². The van der Waals surface area contributed by atoms with E-state index in [-0.39, 0.29) is 11.8 Å². The third-order valence-corrected chi connectivity index (χ3v) is 5.38. The van der Waals surface area contributed by atoms with Crippen molar-refractivity contribution in [1.29, 1.82) is 0 Å². The minimum Gasteiger partial charge on any atom is -0.497 e. The number of hydrogen-bond acceptors (Lipinski definition) is 5. The molecule has 0 aliphatic heterocycles. The van der Waals surface area contributed by atoms with Crippen molar-refractivity contribution in [3.8, 4) is 11.5 Å². The smallest absolute Gasteiger partial charge is 0.265 e. The number of nitrogens with one attached hydrogen (secondary N) is 3. The summed E-state index contributed by atoms with van der Waals surface area (Å²) in [5.74, 6) is 0.525. The fourth-order valence-electron chi connectivity index (χ4n) is 3.46. The number of hydrogen-bond donors (Lipinski definition) is 3. The van der Waals surface area contributed by atoms with E-state index < -0.39 is 6.10 Å². The molecule has 0 bridgehead atoms. The first kappa shape index (κ1) is 24.3. The summed E-state index contributed by atoms with van der Waals surface area (Å²) in [4.78, 5) is 25.8. The van der Waals surface area contributed by atoms with Gasteiger partial charge in [0.1, 0.15) is 11.5 Å². The zero-order valence-corrected chi connectivity index (χ0v) is 20.0. The van der Waals surface area contributed by atoms with Crippen LogP contribution >= 0.6 is 0 Å². The molecule has 0 saturated heterocycles. The van der Waals surface area contributed by atoms with Gasteiger partial charge in [-0.25, -0.2) is 0 Å². The quantitative estimate of drug-likeness (QED) is 0.269. The van der Waals surface area contributed by atoms with Gasteiger partial charge >= 0.3 is 0 Å². The second-order valence-electron chi connectivity index (χ2n) is 7.99. The number of para-hydroxylation sites is 2. The van der Waals surface area contributed by atoms with Gasteiger partial charge in [0, 0.05) is 17.1 Å². The van der Waals surface area contributed by atoms with Crippen molar-refractivity contribution in [3.05, 3.63) is 109 Å². The van der Waals surface area contributed by atoms with Gasteiger partial charge < -0.3 is 25.4 Å². The maximum Gasteiger partial charge on any atom is 0.265 e. The first-order chi connectivity index (χ1) is 17.5. The van der Waals surface area contributed by atoms with Crippen molar-refractivity contribution in [2.24, 2.45) is 0 Å². The first-order valence-corrected chi connectivity index (χ1v) is 11.5. The summed E-state index contributed by atoms with van der Waals surface area (Å²) in [6, 6.07) is 31.0. The van der Waals surface area contributed by atoms with Crippen LogP contribution in [0.4, 0.5) is 22.7 Å². The molecule has 0 saturated carbocycles. The average molecular weight is 482 g/mol. The molecule has 182 valence electrons. The molecule has 1 unspecified atom stereocenters. The van der Waals surface area contributed by atoms with E-state index in [1.165, 1.54) is 0 Å². The van der Waals surface area contributed by atoms with Crippen molar-refractivity contribution in [3.63, 3.8) is 0 Å². The van der Waals surface area contributed by atoms with Crippen LogP contribution in [0, 0.1) is 0 Å². The van der Waals surface area contributed by atoms with E-state index >= 15 is 0 Å². The summed E-state index contributed by atoms with van der Waals surface area (Å²) < 4.78 is 10.9. The fraction of sp³-hybridized carbons (Fsp3) is 0.103. The number of carbonyl (C=O) groups is 2. The summed E-state index contributed by atoms with van der Waals surface area (Å²) >= 11 is 0. The lowest BCUT2D eigenvalue weighted by atomic mass is 10.1. The van der Waals surface area contributed by atoms with E-state index in [9.17, 15) is 9.59 Å². The molecule has 0 aromatic heterocycles. The number of benzene rings is 4. The molecule has 2 amide bonds. The molecule has 7 heteroatoms. The molecule has 3 N–H and O–H groups in total. The number of ether oxygens (including phenoxy) is 2. The van der Waals surface area contributed by atoms with Crippen LogP contribution in [0.2, 0.25) is 0 Å². The van der Waals surface area contributed by atoms with E-state index in [2.05, 4.69) is 16.0 Å². The monoisotopic (exact) mass is 481 g/mol. The summed E-state index contributed by atoms with van der Waals surface area (Å²) in [7, 11) is 1.58. The SMILES string of the molecule is COc1ccc(OC(C)C(=O)Nc2ccccc2C(=O)Nc2ccc(Nc3ccccc3)cc2)cc1. The fourth-order valence-corrected chi connectivity index (χ4v) is 3.46. The molecule has 0 aliphatic carbocycles. The van der Waals surface area contributed by atoms with Crippen LogP contribution in [-0.2, 0) is 4.79 Å². The Kier molecular flexibility index (Phi) is 7.83. The van der Waals surface area contributed by atoms with Crippen molar-refractivity contribution in [2.75, 3.05) is 23.1 Å². The van der Waals surface area contributed by atoms with E-state index in [1.807, 2.05) is 54.6 Å². The zero-order valence-electron chi connectivity index (χ0n) is 20.0. The predicted molar refractivity (Wildman–Crippen MR) is 142 cm³/mol. The van der Waals surface area contributed by atoms with Crippen LogP contribution in [0.5, 0.6) is 11.5 Å².